The molecule has 5 rings (SSSR count). The summed E-state index contributed by atoms with van der Waals surface area (Å²) < 4.78 is 1.97. The highest BCUT2D eigenvalue weighted by atomic mass is 16.2. The van der Waals surface area contributed by atoms with Crippen LogP contribution < -0.4 is 5.32 Å². The molecule has 1 saturated carbocycles. The first-order valence-corrected chi connectivity index (χ1v) is 9.45. The molecule has 2 aromatic carbocycles. The van der Waals surface area contributed by atoms with Crippen LogP contribution in [0, 0.1) is 13.8 Å². The molecule has 27 heavy (non-hydrogen) atoms. The molecule has 0 bridgehead atoms. The number of aryl methyl sites for hydroxylation is 1. The first kappa shape index (κ1) is 16.1. The third-order valence-electron chi connectivity index (χ3n) is 5.52. The van der Waals surface area contributed by atoms with Crippen molar-refractivity contribution in [2.45, 2.75) is 38.9 Å². The second kappa shape index (κ2) is 5.98. The predicted molar refractivity (Wildman–Crippen MR) is 105 cm³/mol. The van der Waals surface area contributed by atoms with Gasteiger partial charge in [-0.05, 0) is 51.0 Å². The number of anilines is 1. The van der Waals surface area contributed by atoms with Gasteiger partial charge < -0.3 is 10.2 Å². The number of carbonyl (C=O) groups is 1. The molecule has 3 aromatic rings. The molecule has 0 spiro atoms. The van der Waals surface area contributed by atoms with E-state index in [1.807, 2.05) is 59.0 Å². The van der Waals surface area contributed by atoms with Gasteiger partial charge in [-0.1, -0.05) is 30.3 Å². The fraction of sp³-hybridized carbons (Fsp3) is 0.273. The number of fused-ring (bicyclic) bond motifs is 1. The standard InChI is InChI=1S/C22H22N4O/c1-14-20(15(2)26(24-14)17-8-4-3-5-9-17)21-23-19-11-7-6-10-18(19)22(27)25(21)16-12-13-16/h3-11,16,21,23H,12-13H2,1-2H3. The molecule has 2 aliphatic rings. The SMILES string of the molecule is Cc1nn(-c2ccccc2)c(C)c1C1Nc2ccccc2C(=O)N1C1CC1. The zero-order valence-corrected chi connectivity index (χ0v) is 15.5. The van der Waals surface area contributed by atoms with E-state index in [1.54, 1.807) is 0 Å². The van der Waals surface area contributed by atoms with E-state index in [9.17, 15) is 4.79 Å². The zero-order valence-electron chi connectivity index (χ0n) is 15.5. The van der Waals surface area contributed by atoms with Crippen LogP contribution in [-0.2, 0) is 0 Å². The maximum absolute atomic E-state index is 13.2. The normalized spacial score (nSPS) is 19.0. The maximum atomic E-state index is 13.2. The Balaban J connectivity index is 1.63. The monoisotopic (exact) mass is 358 g/mol. The van der Waals surface area contributed by atoms with Gasteiger partial charge in [-0.15, -0.1) is 0 Å². The lowest BCUT2D eigenvalue weighted by molar-refractivity contribution is 0.0665. The Morgan fingerprint density at radius 1 is 1.00 bits per heavy atom. The van der Waals surface area contributed by atoms with Crippen molar-refractivity contribution in [3.05, 3.63) is 77.1 Å². The predicted octanol–water partition coefficient (Wildman–Crippen LogP) is 4.22. The van der Waals surface area contributed by atoms with E-state index in [0.29, 0.717) is 6.04 Å². The van der Waals surface area contributed by atoms with Gasteiger partial charge in [0.05, 0.1) is 16.9 Å². The summed E-state index contributed by atoms with van der Waals surface area (Å²) in [7, 11) is 0. The van der Waals surface area contributed by atoms with Crippen molar-refractivity contribution in [1.82, 2.24) is 14.7 Å². The molecule has 2 heterocycles. The lowest BCUT2D eigenvalue weighted by atomic mass is 10.0. The highest BCUT2D eigenvalue weighted by molar-refractivity contribution is 6.02. The van der Waals surface area contributed by atoms with Crippen LogP contribution in [0.4, 0.5) is 5.69 Å². The van der Waals surface area contributed by atoms with E-state index in [-0.39, 0.29) is 12.1 Å². The first-order chi connectivity index (χ1) is 13.1. The Bertz CT molecular complexity index is 1020. The van der Waals surface area contributed by atoms with Crippen LogP contribution in [0.3, 0.4) is 0 Å². The van der Waals surface area contributed by atoms with Gasteiger partial charge in [0.25, 0.3) is 5.91 Å². The molecule has 1 aliphatic heterocycles. The smallest absolute Gasteiger partial charge is 0.258 e. The molecule has 1 aliphatic carbocycles. The third-order valence-corrected chi connectivity index (χ3v) is 5.52. The van der Waals surface area contributed by atoms with E-state index >= 15 is 0 Å². The summed E-state index contributed by atoms with van der Waals surface area (Å²) >= 11 is 0. The fourth-order valence-corrected chi connectivity index (χ4v) is 4.08. The highest BCUT2D eigenvalue weighted by Crippen LogP contribution is 2.42. The van der Waals surface area contributed by atoms with Crippen molar-refractivity contribution in [2.24, 2.45) is 0 Å². The third kappa shape index (κ3) is 2.53. The topological polar surface area (TPSA) is 50.2 Å². The Kier molecular flexibility index (Phi) is 3.57. The van der Waals surface area contributed by atoms with E-state index in [2.05, 4.69) is 24.4 Å². The Morgan fingerprint density at radius 2 is 1.70 bits per heavy atom. The number of hydrogen-bond acceptors (Lipinski definition) is 3. The van der Waals surface area contributed by atoms with Crippen molar-refractivity contribution in [3.63, 3.8) is 0 Å². The number of hydrogen-bond donors (Lipinski definition) is 1. The molecular weight excluding hydrogens is 336 g/mol. The zero-order chi connectivity index (χ0) is 18.5. The molecule has 1 atom stereocenters. The minimum Gasteiger partial charge on any atom is -0.361 e. The summed E-state index contributed by atoms with van der Waals surface area (Å²) in [5.74, 6) is 0.114. The average Bonchev–Trinajstić information content (AvgIpc) is 3.47. The molecule has 1 N–H and O–H groups in total. The molecule has 1 amide bonds. The summed E-state index contributed by atoms with van der Waals surface area (Å²) in [6.45, 7) is 4.11. The van der Waals surface area contributed by atoms with Gasteiger partial charge in [0.2, 0.25) is 0 Å². The van der Waals surface area contributed by atoms with E-state index < -0.39 is 0 Å². The van der Waals surface area contributed by atoms with E-state index in [4.69, 9.17) is 5.10 Å². The second-order valence-electron chi connectivity index (χ2n) is 7.37. The van der Waals surface area contributed by atoms with Crippen LogP contribution in [0.25, 0.3) is 5.69 Å². The van der Waals surface area contributed by atoms with Gasteiger partial charge >= 0.3 is 0 Å². The molecule has 5 nitrogen and oxygen atoms in total. The number of para-hydroxylation sites is 2. The van der Waals surface area contributed by atoms with Crippen LogP contribution in [0.1, 0.15) is 46.3 Å². The number of carbonyl (C=O) groups excluding carboxylic acids is 1. The van der Waals surface area contributed by atoms with Gasteiger partial charge in [0.1, 0.15) is 6.17 Å². The number of benzene rings is 2. The van der Waals surface area contributed by atoms with Crippen LogP contribution in [0.2, 0.25) is 0 Å². The molecule has 136 valence electrons. The summed E-state index contributed by atoms with van der Waals surface area (Å²) in [6, 6.07) is 18.2. The quantitative estimate of drug-likeness (QED) is 0.763. The number of nitrogens with one attached hydrogen (secondary N) is 1. The lowest BCUT2D eigenvalue weighted by Gasteiger charge is -2.38. The van der Waals surface area contributed by atoms with Crippen LogP contribution in [0.5, 0.6) is 0 Å². The van der Waals surface area contributed by atoms with Crippen molar-refractivity contribution >= 4 is 11.6 Å². The van der Waals surface area contributed by atoms with Gasteiger partial charge in [0.15, 0.2) is 0 Å². The van der Waals surface area contributed by atoms with Crippen LogP contribution in [0.15, 0.2) is 54.6 Å². The Morgan fingerprint density at radius 3 is 2.44 bits per heavy atom. The number of nitrogens with zero attached hydrogens (tertiary/aromatic N) is 3. The molecule has 1 aromatic heterocycles. The minimum absolute atomic E-state index is 0.114. The summed E-state index contributed by atoms with van der Waals surface area (Å²) in [5, 5.41) is 8.40. The number of rotatable bonds is 3. The summed E-state index contributed by atoms with van der Waals surface area (Å²) in [4.78, 5) is 15.3. The molecule has 5 heteroatoms. The van der Waals surface area contributed by atoms with Crippen molar-refractivity contribution in [1.29, 1.82) is 0 Å². The molecule has 1 fully saturated rings. The van der Waals surface area contributed by atoms with E-state index in [1.165, 1.54) is 0 Å². The number of amides is 1. The van der Waals surface area contributed by atoms with Crippen molar-refractivity contribution in [3.8, 4) is 5.69 Å². The first-order valence-electron chi connectivity index (χ1n) is 9.45. The van der Waals surface area contributed by atoms with Gasteiger partial charge in [-0.25, -0.2) is 4.68 Å². The fourth-order valence-electron chi connectivity index (χ4n) is 4.08. The van der Waals surface area contributed by atoms with Crippen molar-refractivity contribution < 1.29 is 4.79 Å². The summed E-state index contributed by atoms with van der Waals surface area (Å²) in [5.41, 5.74) is 5.79. The Hall–Kier alpha value is -3.08. The second-order valence-corrected chi connectivity index (χ2v) is 7.37. The highest BCUT2D eigenvalue weighted by Gasteiger charge is 2.43. The molecule has 0 radical (unpaired) electrons. The Labute approximate surface area is 158 Å². The molecule has 1 unspecified atom stereocenters. The van der Waals surface area contributed by atoms with Crippen molar-refractivity contribution in [2.75, 3.05) is 5.32 Å². The minimum atomic E-state index is -0.183. The lowest BCUT2D eigenvalue weighted by Crippen LogP contribution is -2.44. The van der Waals surface area contributed by atoms with E-state index in [0.717, 1.165) is 46.7 Å². The van der Waals surface area contributed by atoms with Gasteiger partial charge in [-0.3, -0.25) is 4.79 Å². The molecular formula is C22H22N4O. The average molecular weight is 358 g/mol. The van der Waals surface area contributed by atoms with Gasteiger partial charge in [-0.2, -0.15) is 5.10 Å². The van der Waals surface area contributed by atoms with Crippen LogP contribution >= 0.6 is 0 Å². The number of aromatic nitrogens is 2. The largest absolute Gasteiger partial charge is 0.361 e. The summed E-state index contributed by atoms with van der Waals surface area (Å²) in [6.07, 6.45) is 1.95. The molecule has 0 saturated heterocycles. The van der Waals surface area contributed by atoms with Gasteiger partial charge in [0, 0.05) is 23.0 Å². The van der Waals surface area contributed by atoms with Crippen LogP contribution in [-0.4, -0.2) is 26.6 Å². The maximum Gasteiger partial charge on any atom is 0.258 e.